The molecule has 3 atom stereocenters. The van der Waals surface area contributed by atoms with E-state index in [4.69, 9.17) is 0 Å². The van der Waals surface area contributed by atoms with Crippen molar-refractivity contribution < 1.29 is 14.4 Å². The molecular weight excluding hydrogens is 360 g/mol. The number of benzene rings is 1. The highest BCUT2D eigenvalue weighted by Crippen LogP contribution is 2.18. The van der Waals surface area contributed by atoms with Crippen molar-refractivity contribution in [1.82, 2.24) is 31.2 Å². The third-order valence-electron chi connectivity index (χ3n) is 5.37. The molecule has 0 aliphatic carbocycles. The summed E-state index contributed by atoms with van der Waals surface area (Å²) >= 11 is 0. The quantitative estimate of drug-likeness (QED) is 0.481. The monoisotopic (exact) mass is 384 g/mol. The summed E-state index contributed by atoms with van der Waals surface area (Å²) < 4.78 is 0. The van der Waals surface area contributed by atoms with Crippen LogP contribution in [0.1, 0.15) is 18.4 Å². The fourth-order valence-electron chi connectivity index (χ4n) is 3.82. The van der Waals surface area contributed by atoms with Crippen LogP contribution in [0.4, 0.5) is 4.79 Å². The molecule has 4 amide bonds. The van der Waals surface area contributed by atoms with E-state index in [0.29, 0.717) is 19.4 Å². The normalized spacial score (nSPS) is 24.3. The average molecular weight is 384 g/mol. The Balaban J connectivity index is 1.22. The molecule has 148 valence electrons. The first kappa shape index (κ1) is 18.5. The highest BCUT2D eigenvalue weighted by atomic mass is 16.2. The number of amides is 4. The first-order valence-corrected chi connectivity index (χ1v) is 9.44. The number of hydrogen-bond donors (Lipinski definition) is 5. The summed E-state index contributed by atoms with van der Waals surface area (Å²) in [6, 6.07) is 7.17. The molecule has 0 spiro atoms. The number of nitrogens with zero attached hydrogens (tertiary/aromatic N) is 1. The van der Waals surface area contributed by atoms with Crippen molar-refractivity contribution >= 4 is 28.7 Å². The van der Waals surface area contributed by atoms with Crippen LogP contribution in [0.15, 0.2) is 30.5 Å². The summed E-state index contributed by atoms with van der Waals surface area (Å²) in [6.45, 7) is 0.567. The zero-order chi connectivity index (χ0) is 19.7. The molecule has 2 aromatic rings. The van der Waals surface area contributed by atoms with Gasteiger partial charge in [0.05, 0.1) is 6.17 Å². The van der Waals surface area contributed by atoms with Crippen molar-refractivity contribution in [2.24, 2.45) is 0 Å². The molecule has 9 heteroatoms. The predicted octanol–water partition coefficient (Wildman–Crippen LogP) is 0.00200. The molecule has 3 heterocycles. The zero-order valence-electron chi connectivity index (χ0n) is 15.6. The summed E-state index contributed by atoms with van der Waals surface area (Å²) in [5.74, 6) is -0.376. The summed E-state index contributed by atoms with van der Waals surface area (Å²) in [5.41, 5.74) is 2.27. The molecule has 5 N–H and O–H groups in total. The number of fused-ring (bicyclic) bond motifs is 2. The minimum Gasteiger partial charge on any atom is -0.361 e. The lowest BCUT2D eigenvalue weighted by atomic mass is 10.1. The summed E-state index contributed by atoms with van der Waals surface area (Å²) in [6.07, 6.45) is 3.00. The molecule has 4 rings (SSSR count). The van der Waals surface area contributed by atoms with Crippen LogP contribution in [0.3, 0.4) is 0 Å². The van der Waals surface area contributed by atoms with Crippen molar-refractivity contribution in [1.29, 1.82) is 0 Å². The SMILES string of the molecule is CN1C(=O)NC(=O)C2NC(CCC(=O)NCCc3c[nH]c4ccccc34)NC21. The number of H-pyrrole nitrogens is 1. The first-order chi connectivity index (χ1) is 13.5. The van der Waals surface area contributed by atoms with Crippen molar-refractivity contribution in [3.8, 4) is 0 Å². The molecule has 3 unspecified atom stereocenters. The van der Waals surface area contributed by atoms with Crippen LogP contribution in [-0.2, 0) is 16.0 Å². The van der Waals surface area contributed by atoms with Crippen LogP contribution in [0, 0.1) is 0 Å². The van der Waals surface area contributed by atoms with E-state index in [9.17, 15) is 14.4 Å². The Labute approximate surface area is 162 Å². The molecule has 2 fully saturated rings. The van der Waals surface area contributed by atoms with Gasteiger partial charge in [0.1, 0.15) is 12.2 Å². The van der Waals surface area contributed by atoms with Crippen LogP contribution in [-0.4, -0.2) is 59.7 Å². The minimum absolute atomic E-state index is 0.0350. The van der Waals surface area contributed by atoms with Gasteiger partial charge in [-0.2, -0.15) is 0 Å². The number of carbonyl (C=O) groups is 3. The van der Waals surface area contributed by atoms with E-state index >= 15 is 0 Å². The lowest BCUT2D eigenvalue weighted by Gasteiger charge is -2.32. The number of urea groups is 1. The Bertz CT molecular complexity index is 910. The topological polar surface area (TPSA) is 118 Å². The van der Waals surface area contributed by atoms with Crippen LogP contribution in [0.2, 0.25) is 0 Å². The molecule has 0 bridgehead atoms. The second kappa shape index (κ2) is 7.61. The van der Waals surface area contributed by atoms with E-state index in [2.05, 4.69) is 32.3 Å². The second-order valence-electron chi connectivity index (χ2n) is 7.21. The molecule has 0 saturated carbocycles. The van der Waals surface area contributed by atoms with E-state index in [0.717, 1.165) is 11.9 Å². The fourth-order valence-corrected chi connectivity index (χ4v) is 3.82. The second-order valence-corrected chi connectivity index (χ2v) is 7.21. The zero-order valence-corrected chi connectivity index (χ0v) is 15.6. The van der Waals surface area contributed by atoms with E-state index in [1.807, 2.05) is 24.4 Å². The van der Waals surface area contributed by atoms with Gasteiger partial charge < -0.3 is 15.2 Å². The standard InChI is InChI=1S/C19H24N6O3/c1-25-17-16(18(27)24-19(25)28)22-14(23-17)6-7-15(26)20-9-8-11-10-21-13-5-3-2-4-12(11)13/h2-5,10,14,16-17,21-23H,6-9H2,1H3,(H,20,26)(H,24,27,28). The van der Waals surface area contributed by atoms with Crippen molar-refractivity contribution in [3.63, 3.8) is 0 Å². The highest BCUT2D eigenvalue weighted by molar-refractivity contribution is 6.00. The first-order valence-electron chi connectivity index (χ1n) is 9.44. The molecule has 2 saturated heterocycles. The van der Waals surface area contributed by atoms with Gasteiger partial charge in [-0.05, 0) is 24.5 Å². The summed E-state index contributed by atoms with van der Waals surface area (Å²) in [5, 5.41) is 12.8. The third-order valence-corrected chi connectivity index (χ3v) is 5.37. The number of para-hydroxylation sites is 1. The molecule has 0 radical (unpaired) electrons. The summed E-state index contributed by atoms with van der Waals surface area (Å²) in [7, 11) is 1.63. The van der Waals surface area contributed by atoms with E-state index in [-0.39, 0.29) is 18.0 Å². The van der Waals surface area contributed by atoms with Gasteiger partial charge in [0.15, 0.2) is 0 Å². The number of carbonyl (C=O) groups excluding carboxylic acids is 3. The van der Waals surface area contributed by atoms with Crippen molar-refractivity contribution in [2.75, 3.05) is 13.6 Å². The van der Waals surface area contributed by atoms with Crippen molar-refractivity contribution in [2.45, 2.75) is 37.6 Å². The molecule has 2 aliphatic rings. The van der Waals surface area contributed by atoms with Crippen LogP contribution >= 0.6 is 0 Å². The van der Waals surface area contributed by atoms with Gasteiger partial charge in [-0.15, -0.1) is 0 Å². The Hall–Kier alpha value is -2.91. The molecule has 28 heavy (non-hydrogen) atoms. The number of aromatic nitrogens is 1. The molecule has 1 aromatic carbocycles. The van der Waals surface area contributed by atoms with E-state index in [1.54, 1.807) is 7.05 Å². The van der Waals surface area contributed by atoms with E-state index < -0.39 is 18.2 Å². The lowest BCUT2D eigenvalue weighted by molar-refractivity contribution is -0.124. The van der Waals surface area contributed by atoms with Crippen LogP contribution in [0.5, 0.6) is 0 Å². The maximum atomic E-state index is 12.2. The number of nitrogens with one attached hydrogen (secondary N) is 5. The largest absolute Gasteiger partial charge is 0.361 e. The van der Waals surface area contributed by atoms with Gasteiger partial charge >= 0.3 is 6.03 Å². The fraction of sp³-hybridized carbons (Fsp3) is 0.421. The highest BCUT2D eigenvalue weighted by Gasteiger charge is 2.45. The third kappa shape index (κ3) is 3.58. The maximum Gasteiger partial charge on any atom is 0.325 e. The molecule has 1 aromatic heterocycles. The summed E-state index contributed by atoms with van der Waals surface area (Å²) in [4.78, 5) is 40.5. The van der Waals surface area contributed by atoms with Gasteiger partial charge in [0, 0.05) is 37.1 Å². The predicted molar refractivity (Wildman–Crippen MR) is 103 cm³/mol. The average Bonchev–Trinajstić information content (AvgIpc) is 3.30. The number of rotatable bonds is 6. The number of likely N-dealkylation sites (N-methyl/N-ethyl adjacent to an activating group) is 1. The smallest absolute Gasteiger partial charge is 0.325 e. The van der Waals surface area contributed by atoms with E-state index in [1.165, 1.54) is 15.8 Å². The Morgan fingerprint density at radius 3 is 2.89 bits per heavy atom. The van der Waals surface area contributed by atoms with Crippen molar-refractivity contribution in [3.05, 3.63) is 36.0 Å². The molecule has 2 aliphatic heterocycles. The Kier molecular flexibility index (Phi) is 5.01. The Morgan fingerprint density at radius 1 is 1.21 bits per heavy atom. The maximum absolute atomic E-state index is 12.2. The lowest BCUT2D eigenvalue weighted by Crippen LogP contribution is -2.64. The van der Waals surface area contributed by atoms with Gasteiger partial charge in [-0.1, -0.05) is 18.2 Å². The van der Waals surface area contributed by atoms with Crippen LogP contribution < -0.4 is 21.3 Å². The van der Waals surface area contributed by atoms with Gasteiger partial charge in [-0.25, -0.2) is 4.79 Å². The van der Waals surface area contributed by atoms with Crippen LogP contribution in [0.25, 0.3) is 10.9 Å². The van der Waals surface area contributed by atoms with Gasteiger partial charge in [0.25, 0.3) is 0 Å². The number of aromatic amines is 1. The minimum atomic E-state index is -0.502. The van der Waals surface area contributed by atoms with Gasteiger partial charge in [-0.3, -0.25) is 25.5 Å². The molecular formula is C19H24N6O3. The Morgan fingerprint density at radius 2 is 2.04 bits per heavy atom. The number of imide groups is 1. The van der Waals surface area contributed by atoms with Gasteiger partial charge in [0.2, 0.25) is 11.8 Å². The molecule has 9 nitrogen and oxygen atoms in total. The number of hydrogen-bond acceptors (Lipinski definition) is 5.